The zero-order valence-electron chi connectivity index (χ0n) is 10.1. The van der Waals surface area contributed by atoms with Crippen LogP contribution in [0.4, 0.5) is 0 Å². The maximum absolute atomic E-state index is 5.20. The lowest BCUT2D eigenvalue weighted by Crippen LogP contribution is -2.43. The molecule has 5 heteroatoms. The van der Waals surface area contributed by atoms with Crippen molar-refractivity contribution in [3.63, 3.8) is 0 Å². The van der Waals surface area contributed by atoms with Crippen molar-refractivity contribution in [3.8, 4) is 0 Å². The molecule has 0 bridgehead atoms. The van der Waals surface area contributed by atoms with Gasteiger partial charge < -0.3 is 9.84 Å². The third-order valence-electron chi connectivity index (χ3n) is 3.10. The highest BCUT2D eigenvalue weighted by molar-refractivity contribution is 4.87. The van der Waals surface area contributed by atoms with Gasteiger partial charge in [0.2, 0.25) is 5.89 Å². The monoisotopic (exact) mass is 224 g/mol. The molecule has 1 unspecified atom stereocenters. The summed E-state index contributed by atoms with van der Waals surface area (Å²) in [4.78, 5) is 6.71. The maximum Gasteiger partial charge on any atom is 0.240 e. The van der Waals surface area contributed by atoms with Gasteiger partial charge in [-0.25, -0.2) is 0 Å². The van der Waals surface area contributed by atoms with Crippen LogP contribution in [0.2, 0.25) is 0 Å². The maximum atomic E-state index is 5.20. The SMILES string of the molecule is CCc1noc(CN2CCCC(NC)C2)n1. The van der Waals surface area contributed by atoms with E-state index in [1.165, 1.54) is 12.8 Å². The standard InChI is InChI=1S/C11H20N4O/c1-3-10-13-11(16-14-10)8-15-6-4-5-9(7-15)12-2/h9,12H,3-8H2,1-2H3. The molecule has 0 spiro atoms. The minimum atomic E-state index is 0.599. The Balaban J connectivity index is 1.88. The fraction of sp³-hybridized carbons (Fsp3) is 0.818. The van der Waals surface area contributed by atoms with E-state index in [1.807, 2.05) is 14.0 Å². The normalized spacial score (nSPS) is 22.5. The first-order valence-electron chi connectivity index (χ1n) is 6.03. The lowest BCUT2D eigenvalue weighted by Gasteiger charge is -2.31. The number of likely N-dealkylation sites (N-methyl/N-ethyl adjacent to an activating group) is 1. The predicted molar refractivity (Wildman–Crippen MR) is 61.0 cm³/mol. The number of nitrogens with one attached hydrogen (secondary N) is 1. The largest absolute Gasteiger partial charge is 0.338 e. The quantitative estimate of drug-likeness (QED) is 0.820. The highest BCUT2D eigenvalue weighted by Crippen LogP contribution is 2.12. The first-order chi connectivity index (χ1) is 7.81. The molecule has 0 aromatic carbocycles. The molecular formula is C11H20N4O. The molecule has 0 saturated carbocycles. The van der Waals surface area contributed by atoms with Crippen molar-refractivity contribution in [2.75, 3.05) is 20.1 Å². The molecule has 1 fully saturated rings. The van der Waals surface area contributed by atoms with Crippen LogP contribution in [0.5, 0.6) is 0 Å². The van der Waals surface area contributed by atoms with Gasteiger partial charge >= 0.3 is 0 Å². The van der Waals surface area contributed by atoms with Crippen LogP contribution in [0.1, 0.15) is 31.5 Å². The van der Waals surface area contributed by atoms with E-state index in [1.54, 1.807) is 0 Å². The number of nitrogens with zero attached hydrogens (tertiary/aromatic N) is 3. The summed E-state index contributed by atoms with van der Waals surface area (Å²) in [6.07, 6.45) is 3.33. The van der Waals surface area contributed by atoms with Gasteiger partial charge in [0.05, 0.1) is 6.54 Å². The van der Waals surface area contributed by atoms with E-state index < -0.39 is 0 Å². The minimum absolute atomic E-state index is 0.599. The van der Waals surface area contributed by atoms with Gasteiger partial charge in [0.1, 0.15) is 0 Å². The van der Waals surface area contributed by atoms with Gasteiger partial charge in [-0.2, -0.15) is 4.98 Å². The molecule has 16 heavy (non-hydrogen) atoms. The van der Waals surface area contributed by atoms with Crippen molar-refractivity contribution in [3.05, 3.63) is 11.7 Å². The highest BCUT2D eigenvalue weighted by atomic mass is 16.5. The summed E-state index contributed by atoms with van der Waals surface area (Å²) in [5.41, 5.74) is 0. The molecule has 90 valence electrons. The fourth-order valence-electron chi connectivity index (χ4n) is 2.12. The minimum Gasteiger partial charge on any atom is -0.338 e. The molecule has 1 saturated heterocycles. The smallest absolute Gasteiger partial charge is 0.240 e. The molecule has 2 heterocycles. The van der Waals surface area contributed by atoms with Crippen LogP contribution in [0.15, 0.2) is 4.52 Å². The van der Waals surface area contributed by atoms with Crippen molar-refractivity contribution in [1.29, 1.82) is 0 Å². The topological polar surface area (TPSA) is 54.2 Å². The Morgan fingerprint density at radius 1 is 1.56 bits per heavy atom. The van der Waals surface area contributed by atoms with Crippen molar-refractivity contribution < 1.29 is 4.52 Å². The van der Waals surface area contributed by atoms with Crippen LogP contribution in [0.25, 0.3) is 0 Å². The summed E-state index contributed by atoms with van der Waals surface area (Å²) in [6.45, 7) is 5.01. The summed E-state index contributed by atoms with van der Waals surface area (Å²) < 4.78 is 5.20. The number of piperidine rings is 1. The third-order valence-corrected chi connectivity index (χ3v) is 3.10. The molecule has 5 nitrogen and oxygen atoms in total. The summed E-state index contributed by atoms with van der Waals surface area (Å²) in [5, 5.41) is 7.24. The van der Waals surface area contributed by atoms with Gasteiger partial charge in [0.15, 0.2) is 5.82 Å². The van der Waals surface area contributed by atoms with Crippen molar-refractivity contribution >= 4 is 0 Å². The molecule has 0 aliphatic carbocycles. The van der Waals surface area contributed by atoms with Crippen LogP contribution in [-0.2, 0) is 13.0 Å². The third kappa shape index (κ3) is 2.80. The highest BCUT2D eigenvalue weighted by Gasteiger charge is 2.20. The van der Waals surface area contributed by atoms with Gasteiger partial charge in [-0.15, -0.1) is 0 Å². The van der Waals surface area contributed by atoms with Gasteiger partial charge in [-0.05, 0) is 26.4 Å². The zero-order valence-corrected chi connectivity index (χ0v) is 10.1. The van der Waals surface area contributed by atoms with Crippen molar-refractivity contribution in [2.24, 2.45) is 0 Å². The van der Waals surface area contributed by atoms with Crippen LogP contribution in [-0.4, -0.2) is 41.2 Å². The van der Waals surface area contributed by atoms with E-state index in [0.29, 0.717) is 6.04 Å². The summed E-state index contributed by atoms with van der Waals surface area (Å²) in [7, 11) is 2.02. The zero-order chi connectivity index (χ0) is 11.4. The Bertz CT molecular complexity index is 326. The molecule has 0 radical (unpaired) electrons. The van der Waals surface area contributed by atoms with Crippen LogP contribution >= 0.6 is 0 Å². The van der Waals surface area contributed by atoms with Gasteiger partial charge in [-0.1, -0.05) is 12.1 Å². The summed E-state index contributed by atoms with van der Waals surface area (Å²) in [5.74, 6) is 1.55. The summed E-state index contributed by atoms with van der Waals surface area (Å²) >= 11 is 0. The Morgan fingerprint density at radius 2 is 2.44 bits per heavy atom. The second-order valence-electron chi connectivity index (χ2n) is 4.32. The Labute approximate surface area is 96.2 Å². The molecule has 1 aliphatic rings. The van der Waals surface area contributed by atoms with E-state index in [-0.39, 0.29) is 0 Å². The number of rotatable bonds is 4. The lowest BCUT2D eigenvalue weighted by atomic mass is 10.1. The second-order valence-corrected chi connectivity index (χ2v) is 4.32. The van der Waals surface area contributed by atoms with Crippen LogP contribution in [0.3, 0.4) is 0 Å². The first-order valence-corrected chi connectivity index (χ1v) is 6.03. The molecule has 1 aromatic rings. The van der Waals surface area contributed by atoms with Gasteiger partial charge in [0, 0.05) is 19.0 Å². The van der Waals surface area contributed by atoms with Crippen LogP contribution in [0, 0.1) is 0 Å². The molecule has 1 aliphatic heterocycles. The van der Waals surface area contributed by atoms with E-state index in [0.717, 1.165) is 37.8 Å². The molecule has 0 amide bonds. The Hall–Kier alpha value is -0.940. The molecule has 1 N–H and O–H groups in total. The van der Waals surface area contributed by atoms with E-state index in [9.17, 15) is 0 Å². The number of aromatic nitrogens is 2. The van der Waals surface area contributed by atoms with Crippen molar-refractivity contribution in [1.82, 2.24) is 20.4 Å². The number of hydrogen-bond acceptors (Lipinski definition) is 5. The first kappa shape index (κ1) is 11.5. The fourth-order valence-corrected chi connectivity index (χ4v) is 2.12. The lowest BCUT2D eigenvalue weighted by molar-refractivity contribution is 0.167. The number of aryl methyl sites for hydroxylation is 1. The molecule has 1 atom stereocenters. The Morgan fingerprint density at radius 3 is 3.12 bits per heavy atom. The number of hydrogen-bond donors (Lipinski definition) is 1. The van der Waals surface area contributed by atoms with E-state index in [4.69, 9.17) is 4.52 Å². The van der Waals surface area contributed by atoms with Crippen LogP contribution < -0.4 is 5.32 Å². The Kier molecular flexibility index (Phi) is 3.90. The predicted octanol–water partition coefficient (Wildman–Crippen LogP) is 0.816. The second kappa shape index (κ2) is 5.41. The van der Waals surface area contributed by atoms with Gasteiger partial charge in [-0.3, -0.25) is 4.90 Å². The van der Waals surface area contributed by atoms with E-state index >= 15 is 0 Å². The average molecular weight is 224 g/mol. The molecule has 2 rings (SSSR count). The number of likely N-dealkylation sites (tertiary alicyclic amines) is 1. The van der Waals surface area contributed by atoms with Crippen molar-refractivity contribution in [2.45, 2.75) is 38.8 Å². The molecule has 1 aromatic heterocycles. The average Bonchev–Trinajstić information content (AvgIpc) is 2.77. The summed E-state index contributed by atoms with van der Waals surface area (Å²) in [6, 6.07) is 0.599. The van der Waals surface area contributed by atoms with Gasteiger partial charge in [0.25, 0.3) is 0 Å². The molecular weight excluding hydrogens is 204 g/mol. The van der Waals surface area contributed by atoms with E-state index in [2.05, 4.69) is 20.4 Å².